The van der Waals surface area contributed by atoms with Crippen LogP contribution in [0.1, 0.15) is 20.8 Å². The van der Waals surface area contributed by atoms with Gasteiger partial charge in [0.2, 0.25) is 5.91 Å². The maximum Gasteiger partial charge on any atom is 0.341 e. The van der Waals surface area contributed by atoms with E-state index in [4.69, 9.17) is 15.2 Å². The zero-order chi connectivity index (χ0) is 14.6. The number of rotatable bonds is 5. The van der Waals surface area contributed by atoms with Crippen molar-refractivity contribution >= 4 is 28.2 Å². The van der Waals surface area contributed by atoms with E-state index in [0.717, 1.165) is 10.4 Å². The fourth-order valence-corrected chi connectivity index (χ4v) is 2.57. The third-order valence-electron chi connectivity index (χ3n) is 2.69. The van der Waals surface area contributed by atoms with Crippen molar-refractivity contribution < 1.29 is 19.1 Å². The van der Waals surface area contributed by atoms with Crippen LogP contribution in [0, 0.1) is 13.8 Å². The summed E-state index contributed by atoms with van der Waals surface area (Å²) < 4.78 is 9.54. The topological polar surface area (TPSA) is 90.6 Å². The zero-order valence-corrected chi connectivity index (χ0v) is 12.2. The molecule has 0 radical (unpaired) electrons. The molecule has 0 bridgehead atoms. The number of aryl methyl sites for hydroxylation is 1. The molecule has 1 unspecified atom stereocenters. The minimum Gasteiger partial charge on any atom is -0.465 e. The molecule has 6 nitrogen and oxygen atoms in total. The van der Waals surface area contributed by atoms with Crippen molar-refractivity contribution in [2.75, 3.05) is 26.1 Å². The summed E-state index contributed by atoms with van der Waals surface area (Å²) in [5, 5.41) is 3.10. The number of nitrogens with one attached hydrogen (secondary N) is 1. The van der Waals surface area contributed by atoms with Gasteiger partial charge in [0, 0.05) is 12.0 Å². The molecule has 3 N–H and O–H groups in total. The van der Waals surface area contributed by atoms with Crippen molar-refractivity contribution in [1.29, 1.82) is 0 Å². The molecular weight excluding hydrogens is 268 g/mol. The Balaban J connectivity index is 2.98. The van der Waals surface area contributed by atoms with Crippen LogP contribution in [0.15, 0.2) is 0 Å². The SMILES string of the molecule is COCC(N)C(=O)Nc1sc(C)c(C)c1C(=O)OC. The van der Waals surface area contributed by atoms with Crippen LogP contribution >= 0.6 is 11.3 Å². The lowest BCUT2D eigenvalue weighted by atomic mass is 10.1. The average Bonchev–Trinajstić information content (AvgIpc) is 2.64. The Bertz CT molecular complexity index is 484. The van der Waals surface area contributed by atoms with E-state index in [1.165, 1.54) is 25.6 Å². The van der Waals surface area contributed by atoms with Gasteiger partial charge in [-0.15, -0.1) is 11.3 Å². The Kier molecular flexibility index (Phi) is 5.46. The van der Waals surface area contributed by atoms with Crippen molar-refractivity contribution in [2.24, 2.45) is 5.73 Å². The molecule has 19 heavy (non-hydrogen) atoms. The van der Waals surface area contributed by atoms with Gasteiger partial charge in [-0.2, -0.15) is 0 Å². The van der Waals surface area contributed by atoms with E-state index in [9.17, 15) is 9.59 Å². The molecule has 0 saturated carbocycles. The second-order valence-corrected chi connectivity index (χ2v) is 5.25. The average molecular weight is 286 g/mol. The van der Waals surface area contributed by atoms with E-state index in [2.05, 4.69) is 5.32 Å². The Morgan fingerprint density at radius 1 is 1.37 bits per heavy atom. The van der Waals surface area contributed by atoms with Gasteiger partial charge >= 0.3 is 5.97 Å². The van der Waals surface area contributed by atoms with Gasteiger partial charge in [0.05, 0.1) is 19.3 Å². The van der Waals surface area contributed by atoms with Crippen molar-refractivity contribution in [3.8, 4) is 0 Å². The molecule has 0 saturated heterocycles. The zero-order valence-electron chi connectivity index (χ0n) is 11.4. The summed E-state index contributed by atoms with van der Waals surface area (Å²) in [5.74, 6) is -0.870. The van der Waals surface area contributed by atoms with Crippen molar-refractivity contribution in [1.82, 2.24) is 0 Å². The number of ether oxygens (including phenoxy) is 2. The summed E-state index contributed by atoms with van der Waals surface area (Å²) >= 11 is 1.32. The highest BCUT2D eigenvalue weighted by atomic mass is 32.1. The molecule has 0 aliphatic heterocycles. The first-order valence-electron chi connectivity index (χ1n) is 5.66. The van der Waals surface area contributed by atoms with Crippen LogP contribution in [-0.4, -0.2) is 38.7 Å². The number of hydrogen-bond donors (Lipinski definition) is 2. The van der Waals surface area contributed by atoms with E-state index in [1.54, 1.807) is 0 Å². The molecule has 1 aromatic heterocycles. The molecule has 0 aromatic carbocycles. The first-order chi connectivity index (χ1) is 8.92. The van der Waals surface area contributed by atoms with Gasteiger partial charge in [-0.1, -0.05) is 0 Å². The second kappa shape index (κ2) is 6.65. The lowest BCUT2D eigenvalue weighted by Gasteiger charge is -2.11. The third kappa shape index (κ3) is 3.52. The van der Waals surface area contributed by atoms with Crippen molar-refractivity contribution in [3.63, 3.8) is 0 Å². The van der Waals surface area contributed by atoms with Crippen LogP contribution in [0.5, 0.6) is 0 Å². The van der Waals surface area contributed by atoms with E-state index >= 15 is 0 Å². The predicted molar refractivity (Wildman–Crippen MR) is 73.6 cm³/mol. The fourth-order valence-electron chi connectivity index (χ4n) is 1.52. The summed E-state index contributed by atoms with van der Waals surface area (Å²) in [6.45, 7) is 3.79. The number of anilines is 1. The Morgan fingerprint density at radius 3 is 2.53 bits per heavy atom. The molecule has 7 heteroatoms. The quantitative estimate of drug-likeness (QED) is 0.790. The summed E-state index contributed by atoms with van der Waals surface area (Å²) in [7, 11) is 2.77. The molecule has 0 spiro atoms. The maximum absolute atomic E-state index is 11.8. The molecule has 1 atom stereocenters. The Labute approximate surface area is 115 Å². The highest BCUT2D eigenvalue weighted by molar-refractivity contribution is 7.16. The first kappa shape index (κ1) is 15.6. The van der Waals surface area contributed by atoms with Crippen molar-refractivity contribution in [2.45, 2.75) is 19.9 Å². The summed E-state index contributed by atoms with van der Waals surface area (Å²) in [5.41, 5.74) is 6.81. The van der Waals surface area contributed by atoms with Crippen LogP contribution in [0.2, 0.25) is 0 Å². The molecule has 106 valence electrons. The number of amides is 1. The minimum absolute atomic E-state index is 0.114. The molecule has 0 aliphatic rings. The van der Waals surface area contributed by atoms with Crippen LogP contribution in [0.25, 0.3) is 0 Å². The number of esters is 1. The second-order valence-electron chi connectivity index (χ2n) is 4.03. The molecule has 1 heterocycles. The highest BCUT2D eigenvalue weighted by Crippen LogP contribution is 2.32. The van der Waals surface area contributed by atoms with Gasteiger partial charge < -0.3 is 20.5 Å². The van der Waals surface area contributed by atoms with Crippen LogP contribution in [-0.2, 0) is 14.3 Å². The minimum atomic E-state index is -0.779. The van der Waals surface area contributed by atoms with E-state index in [0.29, 0.717) is 10.6 Å². The number of carbonyl (C=O) groups is 2. The highest BCUT2D eigenvalue weighted by Gasteiger charge is 2.23. The third-order valence-corrected chi connectivity index (χ3v) is 3.82. The van der Waals surface area contributed by atoms with Gasteiger partial charge in [0.1, 0.15) is 11.0 Å². The molecule has 0 fully saturated rings. The maximum atomic E-state index is 11.8. The summed E-state index contributed by atoms with van der Waals surface area (Å²) in [4.78, 5) is 24.5. The van der Waals surface area contributed by atoms with Crippen LogP contribution in [0.4, 0.5) is 5.00 Å². The molecule has 0 aliphatic carbocycles. The first-order valence-corrected chi connectivity index (χ1v) is 6.47. The van der Waals surface area contributed by atoms with E-state index < -0.39 is 17.9 Å². The standard InChI is InChI=1S/C12H18N2O4S/c1-6-7(2)19-11(9(6)12(16)18-4)14-10(15)8(13)5-17-3/h8H,5,13H2,1-4H3,(H,14,15). The van der Waals surface area contributed by atoms with Gasteiger partial charge in [-0.3, -0.25) is 4.79 Å². The smallest absolute Gasteiger partial charge is 0.341 e. The normalized spacial score (nSPS) is 12.1. The largest absolute Gasteiger partial charge is 0.465 e. The monoisotopic (exact) mass is 286 g/mol. The van der Waals surface area contributed by atoms with Crippen LogP contribution in [0.3, 0.4) is 0 Å². The summed E-state index contributed by atoms with van der Waals surface area (Å²) in [6.07, 6.45) is 0. The Hall–Kier alpha value is -1.44. The molecular formula is C12H18N2O4S. The van der Waals surface area contributed by atoms with E-state index in [-0.39, 0.29) is 6.61 Å². The lowest BCUT2D eigenvalue weighted by Crippen LogP contribution is -2.39. The number of thiophene rings is 1. The molecule has 1 rings (SSSR count). The van der Waals surface area contributed by atoms with Crippen molar-refractivity contribution in [3.05, 3.63) is 16.0 Å². The number of methoxy groups -OCH3 is 2. The Morgan fingerprint density at radius 2 is 2.00 bits per heavy atom. The van der Waals surface area contributed by atoms with E-state index in [1.807, 2.05) is 13.8 Å². The fraction of sp³-hybridized carbons (Fsp3) is 0.500. The predicted octanol–water partition coefficient (Wildman–Crippen LogP) is 1.06. The number of nitrogens with two attached hydrogens (primary N) is 1. The lowest BCUT2D eigenvalue weighted by molar-refractivity contribution is -0.118. The molecule has 1 aromatic rings. The summed E-state index contributed by atoms with van der Waals surface area (Å²) in [6, 6.07) is -0.779. The molecule has 1 amide bonds. The van der Waals surface area contributed by atoms with Gasteiger partial charge in [-0.05, 0) is 19.4 Å². The number of hydrogen-bond acceptors (Lipinski definition) is 6. The van der Waals surface area contributed by atoms with Gasteiger partial charge in [0.15, 0.2) is 0 Å². The van der Waals surface area contributed by atoms with Gasteiger partial charge in [-0.25, -0.2) is 4.79 Å². The van der Waals surface area contributed by atoms with Gasteiger partial charge in [0.25, 0.3) is 0 Å². The number of carbonyl (C=O) groups excluding carboxylic acids is 2. The van der Waals surface area contributed by atoms with Crippen LogP contribution < -0.4 is 11.1 Å².